The summed E-state index contributed by atoms with van der Waals surface area (Å²) in [6, 6.07) is 4.84. The van der Waals surface area contributed by atoms with E-state index < -0.39 is 29.0 Å². The molecule has 1 aliphatic rings. The van der Waals surface area contributed by atoms with Crippen molar-refractivity contribution < 1.29 is 27.4 Å². The van der Waals surface area contributed by atoms with E-state index in [0.29, 0.717) is 25.9 Å². The molecule has 142 valence electrons. The highest BCUT2D eigenvalue weighted by atomic mass is 19.4. The van der Waals surface area contributed by atoms with Crippen LogP contribution in [-0.4, -0.2) is 35.8 Å². The van der Waals surface area contributed by atoms with Gasteiger partial charge in [-0.25, -0.2) is 4.79 Å². The Balaban J connectivity index is 1.98. The van der Waals surface area contributed by atoms with E-state index in [2.05, 4.69) is 0 Å². The van der Waals surface area contributed by atoms with Crippen LogP contribution in [0.25, 0.3) is 0 Å². The number of carbonyl (C=O) groups excluding carboxylic acids is 1. The van der Waals surface area contributed by atoms with Crippen LogP contribution in [-0.2, 0) is 10.9 Å². The van der Waals surface area contributed by atoms with Crippen LogP contribution in [0.15, 0.2) is 18.2 Å². The maximum absolute atomic E-state index is 13.0. The van der Waals surface area contributed by atoms with Crippen molar-refractivity contribution in [1.29, 1.82) is 5.26 Å². The lowest BCUT2D eigenvalue weighted by Crippen LogP contribution is -2.44. The van der Waals surface area contributed by atoms with Crippen LogP contribution in [0.3, 0.4) is 0 Å². The van der Waals surface area contributed by atoms with Crippen LogP contribution in [0.2, 0.25) is 0 Å². The number of piperidine rings is 1. The number of hydrogen-bond acceptors (Lipinski definition) is 4. The molecule has 1 heterocycles. The molecule has 0 spiro atoms. The monoisotopic (exact) mass is 370 g/mol. The largest absolute Gasteiger partial charge is 0.490 e. The summed E-state index contributed by atoms with van der Waals surface area (Å²) >= 11 is 0. The lowest BCUT2D eigenvalue weighted by molar-refractivity contribution is -0.137. The number of nitrogens with zero attached hydrogens (tertiary/aromatic N) is 2. The SMILES string of the molecule is CC(C)(C)OC(=O)N1CCC(Oc2ccc(C#N)c(C(F)(F)F)c2)CC1. The Morgan fingerprint density at radius 2 is 1.85 bits per heavy atom. The zero-order valence-corrected chi connectivity index (χ0v) is 14.9. The van der Waals surface area contributed by atoms with E-state index in [4.69, 9.17) is 14.7 Å². The number of amides is 1. The molecular formula is C18H21F3N2O3. The minimum Gasteiger partial charge on any atom is -0.490 e. The number of alkyl halides is 3. The quantitative estimate of drug-likeness (QED) is 0.776. The molecule has 1 aromatic carbocycles. The molecule has 0 unspecified atom stereocenters. The van der Waals surface area contributed by atoms with Gasteiger partial charge in [0.1, 0.15) is 17.5 Å². The molecule has 1 aromatic rings. The third-order valence-corrected chi connectivity index (χ3v) is 3.81. The standard InChI is InChI=1S/C18H21F3N2O3/c1-17(2,3)26-16(24)23-8-6-13(7-9-23)25-14-5-4-12(11-22)15(10-14)18(19,20)21/h4-5,10,13H,6-9H2,1-3H3. The first-order chi connectivity index (χ1) is 12.0. The minimum absolute atomic E-state index is 0.0621. The highest BCUT2D eigenvalue weighted by molar-refractivity contribution is 5.68. The maximum atomic E-state index is 13.0. The molecule has 0 N–H and O–H groups in total. The fourth-order valence-electron chi connectivity index (χ4n) is 2.60. The summed E-state index contributed by atoms with van der Waals surface area (Å²) in [5.41, 5.74) is -2.03. The second-order valence-electron chi connectivity index (χ2n) is 7.10. The van der Waals surface area contributed by atoms with Crippen LogP contribution < -0.4 is 4.74 Å². The number of nitriles is 1. The molecule has 0 aliphatic carbocycles. The normalized spacial score (nSPS) is 16.1. The van der Waals surface area contributed by atoms with E-state index in [1.54, 1.807) is 25.7 Å². The lowest BCUT2D eigenvalue weighted by atomic mass is 10.1. The van der Waals surface area contributed by atoms with Crippen molar-refractivity contribution in [3.05, 3.63) is 29.3 Å². The zero-order valence-electron chi connectivity index (χ0n) is 14.9. The molecule has 1 amide bonds. The van der Waals surface area contributed by atoms with E-state index in [0.717, 1.165) is 12.1 Å². The van der Waals surface area contributed by atoms with Gasteiger partial charge in [-0.3, -0.25) is 0 Å². The number of hydrogen-bond donors (Lipinski definition) is 0. The predicted octanol–water partition coefficient (Wildman–Crippen LogP) is 4.36. The van der Waals surface area contributed by atoms with Crippen LogP contribution in [0, 0.1) is 11.3 Å². The molecule has 0 aromatic heterocycles. The highest BCUT2D eigenvalue weighted by Gasteiger charge is 2.34. The third kappa shape index (κ3) is 5.28. The molecule has 0 bridgehead atoms. The van der Waals surface area contributed by atoms with Crippen LogP contribution in [0.4, 0.5) is 18.0 Å². The predicted molar refractivity (Wildman–Crippen MR) is 87.6 cm³/mol. The van der Waals surface area contributed by atoms with Gasteiger partial charge in [0.25, 0.3) is 0 Å². The molecule has 5 nitrogen and oxygen atoms in total. The Morgan fingerprint density at radius 1 is 1.23 bits per heavy atom. The molecule has 8 heteroatoms. The number of halogens is 3. The van der Waals surface area contributed by atoms with Crippen LogP contribution >= 0.6 is 0 Å². The van der Waals surface area contributed by atoms with E-state index in [1.807, 2.05) is 0 Å². The van der Waals surface area contributed by atoms with Gasteiger partial charge in [-0.1, -0.05) is 0 Å². The first kappa shape index (κ1) is 19.9. The summed E-state index contributed by atoms with van der Waals surface area (Å²) < 4.78 is 49.9. The molecule has 2 rings (SSSR count). The third-order valence-electron chi connectivity index (χ3n) is 3.81. The van der Waals surface area contributed by atoms with Crippen molar-refractivity contribution in [3.63, 3.8) is 0 Å². The van der Waals surface area contributed by atoms with Crippen molar-refractivity contribution in [1.82, 2.24) is 4.90 Å². The van der Waals surface area contributed by atoms with Gasteiger partial charge in [0, 0.05) is 25.9 Å². The molecule has 1 fully saturated rings. The van der Waals surface area contributed by atoms with E-state index in [9.17, 15) is 18.0 Å². The van der Waals surface area contributed by atoms with Gasteiger partial charge in [-0.2, -0.15) is 18.4 Å². The molecule has 26 heavy (non-hydrogen) atoms. The Morgan fingerprint density at radius 3 is 2.35 bits per heavy atom. The van der Waals surface area contributed by atoms with Crippen LogP contribution in [0.5, 0.6) is 5.75 Å². The Labute approximate surface area is 150 Å². The summed E-state index contributed by atoms with van der Waals surface area (Å²) in [5, 5.41) is 8.82. The molecule has 0 radical (unpaired) electrons. The molecule has 1 aliphatic heterocycles. The van der Waals surface area contributed by atoms with Crippen molar-refractivity contribution in [2.45, 2.75) is 51.5 Å². The molecular weight excluding hydrogens is 349 g/mol. The summed E-state index contributed by atoms with van der Waals surface area (Å²) in [6.07, 6.45) is -4.36. The Bertz CT molecular complexity index is 697. The number of carbonyl (C=O) groups is 1. The number of benzene rings is 1. The fraction of sp³-hybridized carbons (Fsp3) is 0.556. The average Bonchev–Trinajstić information content (AvgIpc) is 2.53. The van der Waals surface area contributed by atoms with Crippen LogP contribution in [0.1, 0.15) is 44.7 Å². The molecule has 1 saturated heterocycles. The van der Waals surface area contributed by atoms with Gasteiger partial charge in [0.15, 0.2) is 0 Å². The van der Waals surface area contributed by atoms with Gasteiger partial charge >= 0.3 is 12.3 Å². The van der Waals surface area contributed by atoms with Crippen molar-refractivity contribution in [2.24, 2.45) is 0 Å². The first-order valence-electron chi connectivity index (χ1n) is 8.25. The molecule has 0 atom stereocenters. The Kier molecular flexibility index (Phi) is 5.69. The number of rotatable bonds is 2. The van der Waals surface area contributed by atoms with E-state index in [1.165, 1.54) is 12.1 Å². The van der Waals surface area contributed by atoms with Gasteiger partial charge in [0.05, 0.1) is 17.2 Å². The first-order valence-corrected chi connectivity index (χ1v) is 8.25. The van der Waals surface area contributed by atoms with Gasteiger partial charge in [0.2, 0.25) is 0 Å². The summed E-state index contributed by atoms with van der Waals surface area (Å²) in [4.78, 5) is 13.6. The number of likely N-dealkylation sites (tertiary alicyclic amines) is 1. The second-order valence-corrected chi connectivity index (χ2v) is 7.10. The average molecular weight is 370 g/mol. The molecule has 0 saturated carbocycles. The van der Waals surface area contributed by atoms with E-state index >= 15 is 0 Å². The maximum Gasteiger partial charge on any atom is 0.417 e. The van der Waals surface area contributed by atoms with Gasteiger partial charge in [-0.15, -0.1) is 0 Å². The van der Waals surface area contributed by atoms with Crippen molar-refractivity contribution in [2.75, 3.05) is 13.1 Å². The summed E-state index contributed by atoms with van der Waals surface area (Å²) in [5.74, 6) is 0.0621. The van der Waals surface area contributed by atoms with Gasteiger partial charge < -0.3 is 14.4 Å². The highest BCUT2D eigenvalue weighted by Crippen LogP contribution is 2.34. The zero-order chi connectivity index (χ0) is 19.5. The van der Waals surface area contributed by atoms with Crippen molar-refractivity contribution in [3.8, 4) is 11.8 Å². The summed E-state index contributed by atoms with van der Waals surface area (Å²) in [7, 11) is 0. The number of ether oxygens (including phenoxy) is 2. The fourth-order valence-corrected chi connectivity index (χ4v) is 2.60. The Hall–Kier alpha value is -2.43. The summed E-state index contributed by atoms with van der Waals surface area (Å²) in [6.45, 7) is 6.15. The minimum atomic E-state index is -4.62. The lowest BCUT2D eigenvalue weighted by Gasteiger charge is -2.33. The smallest absolute Gasteiger partial charge is 0.417 e. The van der Waals surface area contributed by atoms with Crippen molar-refractivity contribution >= 4 is 6.09 Å². The van der Waals surface area contributed by atoms with Gasteiger partial charge in [-0.05, 0) is 39.0 Å². The second kappa shape index (κ2) is 7.44. The van der Waals surface area contributed by atoms with E-state index in [-0.39, 0.29) is 11.9 Å². The topological polar surface area (TPSA) is 62.6 Å².